The second kappa shape index (κ2) is 7.09. The van der Waals surface area contributed by atoms with E-state index < -0.39 is 0 Å². The van der Waals surface area contributed by atoms with E-state index in [1.165, 1.54) is 5.56 Å². The Hall–Kier alpha value is -3.27. The van der Waals surface area contributed by atoms with Crippen LogP contribution in [0.15, 0.2) is 79.0 Å². The molecule has 4 nitrogen and oxygen atoms in total. The predicted molar refractivity (Wildman–Crippen MR) is 98.1 cm³/mol. The van der Waals surface area contributed by atoms with Gasteiger partial charge in [-0.25, -0.2) is 4.98 Å². The Balaban J connectivity index is 1.44. The van der Waals surface area contributed by atoms with E-state index in [1.54, 1.807) is 0 Å². The first-order chi connectivity index (χ1) is 12.4. The molecule has 0 saturated heterocycles. The minimum atomic E-state index is 0.698. The molecule has 0 spiro atoms. The van der Waals surface area contributed by atoms with Gasteiger partial charge < -0.3 is 0 Å². The van der Waals surface area contributed by atoms with Crippen LogP contribution < -0.4 is 0 Å². The van der Waals surface area contributed by atoms with Crippen molar-refractivity contribution in [1.29, 1.82) is 0 Å². The van der Waals surface area contributed by atoms with Crippen LogP contribution in [0.1, 0.15) is 22.8 Å². The summed E-state index contributed by atoms with van der Waals surface area (Å²) in [6, 6.07) is 24.6. The van der Waals surface area contributed by atoms with Gasteiger partial charge >= 0.3 is 0 Å². The molecule has 122 valence electrons. The van der Waals surface area contributed by atoms with E-state index in [0.29, 0.717) is 6.42 Å². The number of nitrogens with zero attached hydrogens (tertiary/aromatic N) is 3. The van der Waals surface area contributed by atoms with Crippen LogP contribution in [0.4, 0.5) is 0 Å². The van der Waals surface area contributed by atoms with Crippen LogP contribution in [0.25, 0.3) is 11.3 Å². The second-order valence-corrected chi connectivity index (χ2v) is 5.96. The van der Waals surface area contributed by atoms with Gasteiger partial charge in [-0.05, 0) is 17.2 Å². The average Bonchev–Trinajstić information content (AvgIpc) is 3.11. The Morgan fingerprint density at radius 2 is 1.48 bits per heavy atom. The molecule has 1 N–H and O–H groups in total. The monoisotopic (exact) mass is 326 g/mol. The number of rotatable bonds is 5. The second-order valence-electron chi connectivity index (χ2n) is 5.96. The van der Waals surface area contributed by atoms with E-state index in [0.717, 1.165) is 34.9 Å². The molecule has 2 aromatic carbocycles. The molecule has 0 fully saturated rings. The Kier molecular flexibility index (Phi) is 4.33. The number of hydrogen-bond donors (Lipinski definition) is 1. The molecule has 4 aromatic rings. The highest BCUT2D eigenvalue weighted by atomic mass is 15.2. The lowest BCUT2D eigenvalue weighted by Crippen LogP contribution is -1.94. The topological polar surface area (TPSA) is 54.5 Å². The van der Waals surface area contributed by atoms with Crippen molar-refractivity contribution < 1.29 is 0 Å². The zero-order chi connectivity index (χ0) is 16.9. The Morgan fingerprint density at radius 3 is 2.20 bits per heavy atom. The molecular formula is C21H18N4. The maximum atomic E-state index is 4.59. The smallest absolute Gasteiger partial charge is 0.155 e. The van der Waals surface area contributed by atoms with E-state index >= 15 is 0 Å². The molecule has 0 unspecified atom stereocenters. The zero-order valence-corrected chi connectivity index (χ0v) is 13.8. The lowest BCUT2D eigenvalue weighted by atomic mass is 10.1. The van der Waals surface area contributed by atoms with Crippen molar-refractivity contribution in [2.24, 2.45) is 0 Å². The molecule has 0 aliphatic heterocycles. The third-order valence-corrected chi connectivity index (χ3v) is 4.05. The Morgan fingerprint density at radius 1 is 0.720 bits per heavy atom. The van der Waals surface area contributed by atoms with Gasteiger partial charge in [0.05, 0.1) is 5.69 Å². The molecular weight excluding hydrogens is 308 g/mol. The highest BCUT2D eigenvalue weighted by Gasteiger charge is 2.06. The number of nitrogens with one attached hydrogen (secondary N) is 1. The molecule has 4 rings (SSSR count). The van der Waals surface area contributed by atoms with Crippen LogP contribution >= 0.6 is 0 Å². The summed E-state index contributed by atoms with van der Waals surface area (Å²) in [4.78, 5) is 9.14. The largest absolute Gasteiger partial charge is 0.263 e. The van der Waals surface area contributed by atoms with E-state index in [4.69, 9.17) is 0 Å². The summed E-state index contributed by atoms with van der Waals surface area (Å²) in [5.41, 5.74) is 4.43. The number of pyridine rings is 1. The van der Waals surface area contributed by atoms with Crippen LogP contribution in [0.3, 0.4) is 0 Å². The highest BCUT2D eigenvalue weighted by Crippen LogP contribution is 2.17. The zero-order valence-electron chi connectivity index (χ0n) is 13.8. The van der Waals surface area contributed by atoms with E-state index in [9.17, 15) is 0 Å². The van der Waals surface area contributed by atoms with Crippen molar-refractivity contribution in [2.75, 3.05) is 0 Å². The molecule has 2 heterocycles. The van der Waals surface area contributed by atoms with Crippen molar-refractivity contribution in [3.05, 3.63) is 102 Å². The molecule has 0 amide bonds. The van der Waals surface area contributed by atoms with Gasteiger partial charge in [-0.15, -0.1) is 0 Å². The molecule has 0 bridgehead atoms. The Bertz CT molecular complexity index is 929. The molecule has 2 aromatic heterocycles. The average molecular weight is 326 g/mol. The third kappa shape index (κ3) is 3.80. The summed E-state index contributed by atoms with van der Waals surface area (Å²) in [5, 5.41) is 7.35. The molecule has 0 atom stereocenters. The Labute approximate surface area is 146 Å². The van der Waals surface area contributed by atoms with Gasteiger partial charge in [-0.3, -0.25) is 10.1 Å². The molecule has 0 saturated carbocycles. The van der Waals surface area contributed by atoms with Crippen LogP contribution in [0, 0.1) is 0 Å². The summed E-state index contributed by atoms with van der Waals surface area (Å²) in [6.45, 7) is 0. The predicted octanol–water partition coefficient (Wildman–Crippen LogP) is 4.05. The van der Waals surface area contributed by atoms with E-state index in [1.807, 2.05) is 48.7 Å². The summed E-state index contributed by atoms with van der Waals surface area (Å²) in [6.07, 6.45) is 3.34. The van der Waals surface area contributed by atoms with Crippen molar-refractivity contribution in [1.82, 2.24) is 20.2 Å². The standard InChI is InChI=1S/C21H18N4/c1-3-7-16(8-4-1)13-20-23-21(25-24-20)14-17-11-12-19(22-15-17)18-9-5-2-6-10-18/h1-12,15H,13-14H2,(H,23,24,25). The molecule has 25 heavy (non-hydrogen) atoms. The quantitative estimate of drug-likeness (QED) is 0.602. The van der Waals surface area contributed by atoms with Crippen molar-refractivity contribution in [3.8, 4) is 11.3 Å². The van der Waals surface area contributed by atoms with Crippen molar-refractivity contribution in [2.45, 2.75) is 12.8 Å². The van der Waals surface area contributed by atoms with Gasteiger partial charge in [0.25, 0.3) is 0 Å². The number of aromatic nitrogens is 4. The normalized spacial score (nSPS) is 10.7. The fourth-order valence-corrected chi connectivity index (χ4v) is 2.77. The minimum absolute atomic E-state index is 0.698. The first kappa shape index (κ1) is 15.3. The first-order valence-corrected chi connectivity index (χ1v) is 8.31. The lowest BCUT2D eigenvalue weighted by Gasteiger charge is -2.02. The summed E-state index contributed by atoms with van der Waals surface area (Å²) in [7, 11) is 0. The van der Waals surface area contributed by atoms with Gasteiger partial charge in [-0.1, -0.05) is 66.7 Å². The minimum Gasteiger partial charge on any atom is -0.263 e. The van der Waals surface area contributed by atoms with E-state index in [2.05, 4.69) is 50.5 Å². The van der Waals surface area contributed by atoms with Crippen LogP contribution in [0.5, 0.6) is 0 Å². The molecule has 4 heteroatoms. The van der Waals surface area contributed by atoms with Crippen LogP contribution in [0.2, 0.25) is 0 Å². The van der Waals surface area contributed by atoms with Gasteiger partial charge in [0.15, 0.2) is 5.82 Å². The third-order valence-electron chi connectivity index (χ3n) is 4.05. The van der Waals surface area contributed by atoms with Crippen LogP contribution in [-0.2, 0) is 12.8 Å². The van der Waals surface area contributed by atoms with Crippen molar-refractivity contribution in [3.63, 3.8) is 0 Å². The van der Waals surface area contributed by atoms with Gasteiger partial charge in [-0.2, -0.15) is 5.10 Å². The summed E-state index contributed by atoms with van der Waals surface area (Å²) < 4.78 is 0. The molecule has 0 aliphatic rings. The maximum absolute atomic E-state index is 4.59. The van der Waals surface area contributed by atoms with Gasteiger partial charge in [0.2, 0.25) is 0 Å². The fourth-order valence-electron chi connectivity index (χ4n) is 2.77. The number of hydrogen-bond acceptors (Lipinski definition) is 3. The summed E-state index contributed by atoms with van der Waals surface area (Å²) in [5.74, 6) is 1.68. The van der Waals surface area contributed by atoms with Crippen LogP contribution in [-0.4, -0.2) is 20.2 Å². The van der Waals surface area contributed by atoms with Gasteiger partial charge in [0, 0.05) is 24.6 Å². The number of benzene rings is 2. The summed E-state index contributed by atoms with van der Waals surface area (Å²) >= 11 is 0. The van der Waals surface area contributed by atoms with E-state index in [-0.39, 0.29) is 0 Å². The first-order valence-electron chi connectivity index (χ1n) is 8.31. The molecule has 0 radical (unpaired) electrons. The van der Waals surface area contributed by atoms with Crippen molar-refractivity contribution >= 4 is 0 Å². The number of H-pyrrole nitrogens is 1. The highest BCUT2D eigenvalue weighted by molar-refractivity contribution is 5.58. The maximum Gasteiger partial charge on any atom is 0.155 e. The number of aromatic amines is 1. The molecule has 0 aliphatic carbocycles. The van der Waals surface area contributed by atoms with Gasteiger partial charge in [0.1, 0.15) is 5.82 Å². The SMILES string of the molecule is c1ccc(Cc2n[nH]c(Cc3ccc(-c4ccccc4)nc3)n2)cc1. The fraction of sp³-hybridized carbons (Fsp3) is 0.0952. The lowest BCUT2D eigenvalue weighted by molar-refractivity contribution is 0.955.